The number of benzene rings is 2. The van der Waals surface area contributed by atoms with Crippen LogP contribution in [0.3, 0.4) is 0 Å². The second-order valence-electron chi connectivity index (χ2n) is 7.15. The van der Waals surface area contributed by atoms with Gasteiger partial charge in [-0.15, -0.1) is 0 Å². The first-order valence-corrected chi connectivity index (χ1v) is 9.25. The van der Waals surface area contributed by atoms with Crippen LogP contribution in [0, 0.1) is 11.8 Å². The van der Waals surface area contributed by atoms with E-state index in [2.05, 4.69) is 25.6 Å². The Morgan fingerprint density at radius 3 is 2.15 bits per heavy atom. The van der Waals surface area contributed by atoms with E-state index in [-0.39, 0.29) is 0 Å². The van der Waals surface area contributed by atoms with E-state index in [1.165, 1.54) is 19.3 Å². The van der Waals surface area contributed by atoms with Gasteiger partial charge in [-0.05, 0) is 43.2 Å². The van der Waals surface area contributed by atoms with Gasteiger partial charge in [-0.2, -0.15) is 15.0 Å². The van der Waals surface area contributed by atoms with Gasteiger partial charge in [-0.1, -0.05) is 48.5 Å². The average Bonchev–Trinajstić information content (AvgIpc) is 2.67. The van der Waals surface area contributed by atoms with Crippen molar-refractivity contribution in [1.29, 1.82) is 0 Å². The molecular formula is C21H21N5. The molecule has 5 heteroatoms. The summed E-state index contributed by atoms with van der Waals surface area (Å²) in [6.07, 6.45) is 3.95. The molecule has 5 rings (SSSR count). The molecule has 3 atom stereocenters. The average molecular weight is 343 g/mol. The lowest BCUT2D eigenvalue weighted by Crippen LogP contribution is -2.52. The molecule has 0 saturated heterocycles. The molecule has 0 bridgehead atoms. The number of rotatable bonds is 5. The molecule has 2 aliphatic rings. The van der Waals surface area contributed by atoms with Gasteiger partial charge in [0.1, 0.15) is 0 Å². The second-order valence-corrected chi connectivity index (χ2v) is 7.15. The Morgan fingerprint density at radius 1 is 0.769 bits per heavy atom. The first-order valence-electron chi connectivity index (χ1n) is 9.25. The van der Waals surface area contributed by atoms with Gasteiger partial charge < -0.3 is 10.6 Å². The Morgan fingerprint density at radius 2 is 1.50 bits per heavy atom. The summed E-state index contributed by atoms with van der Waals surface area (Å²) in [4.78, 5) is 13.9. The van der Waals surface area contributed by atoms with Crippen LogP contribution < -0.4 is 10.6 Å². The zero-order valence-corrected chi connectivity index (χ0v) is 14.5. The maximum atomic E-state index is 4.68. The normalized spacial score (nSPS) is 23.3. The van der Waals surface area contributed by atoms with Crippen molar-refractivity contribution in [2.24, 2.45) is 11.8 Å². The number of hydrogen-bond acceptors (Lipinski definition) is 5. The van der Waals surface area contributed by atoms with E-state index in [1.807, 2.05) is 60.7 Å². The van der Waals surface area contributed by atoms with Gasteiger partial charge in [-0.3, -0.25) is 0 Å². The maximum absolute atomic E-state index is 4.68. The number of nitrogens with one attached hydrogen (secondary N) is 2. The third kappa shape index (κ3) is 2.90. The van der Waals surface area contributed by atoms with Gasteiger partial charge in [0, 0.05) is 17.3 Å². The summed E-state index contributed by atoms with van der Waals surface area (Å²) in [5.74, 6) is 3.64. The van der Waals surface area contributed by atoms with Crippen molar-refractivity contribution in [3.63, 3.8) is 0 Å². The SMILES string of the molecule is c1ccc(Nc2nc(N[C@@H]3C[C@@H]4CCC43)nc(-c3ccccc3)n2)cc1. The zero-order chi connectivity index (χ0) is 17.3. The zero-order valence-electron chi connectivity index (χ0n) is 14.5. The second kappa shape index (κ2) is 6.41. The molecular weight excluding hydrogens is 322 g/mol. The minimum Gasteiger partial charge on any atom is -0.351 e. The minimum atomic E-state index is 0.504. The smallest absolute Gasteiger partial charge is 0.232 e. The van der Waals surface area contributed by atoms with Crippen LogP contribution in [-0.2, 0) is 0 Å². The highest BCUT2D eigenvalue weighted by molar-refractivity contribution is 5.61. The van der Waals surface area contributed by atoms with Crippen LogP contribution in [0.25, 0.3) is 11.4 Å². The molecule has 1 unspecified atom stereocenters. The lowest BCUT2D eigenvalue weighted by atomic mass is 9.56. The van der Waals surface area contributed by atoms with Gasteiger partial charge >= 0.3 is 0 Å². The Balaban J connectivity index is 1.46. The van der Waals surface area contributed by atoms with Gasteiger partial charge in [0.05, 0.1) is 0 Å². The molecule has 3 aromatic rings. The number of nitrogens with zero attached hydrogens (tertiary/aromatic N) is 3. The first kappa shape index (κ1) is 15.3. The Labute approximate surface area is 152 Å². The summed E-state index contributed by atoms with van der Waals surface area (Å²) in [6.45, 7) is 0. The molecule has 130 valence electrons. The van der Waals surface area contributed by atoms with Crippen LogP contribution in [0.2, 0.25) is 0 Å². The summed E-state index contributed by atoms with van der Waals surface area (Å²) >= 11 is 0. The van der Waals surface area contributed by atoms with Crippen molar-refractivity contribution in [3.8, 4) is 11.4 Å². The predicted octanol–water partition coefficient (Wildman–Crippen LogP) is 4.49. The van der Waals surface area contributed by atoms with Crippen molar-refractivity contribution in [1.82, 2.24) is 15.0 Å². The first-order chi connectivity index (χ1) is 12.8. The summed E-state index contributed by atoms with van der Waals surface area (Å²) < 4.78 is 0. The molecule has 2 aliphatic carbocycles. The number of anilines is 3. The molecule has 0 radical (unpaired) electrons. The number of aromatic nitrogens is 3. The van der Waals surface area contributed by atoms with Crippen LogP contribution in [0.4, 0.5) is 17.6 Å². The van der Waals surface area contributed by atoms with Crippen LogP contribution in [0.15, 0.2) is 60.7 Å². The lowest BCUT2D eigenvalue weighted by molar-refractivity contribution is 0.0359. The molecule has 0 spiro atoms. The van der Waals surface area contributed by atoms with Gasteiger partial charge in [0.15, 0.2) is 5.82 Å². The molecule has 0 amide bonds. The molecule has 2 saturated carbocycles. The fourth-order valence-corrected chi connectivity index (χ4v) is 3.92. The summed E-state index contributed by atoms with van der Waals surface area (Å²) in [5, 5.41) is 6.84. The molecule has 2 aromatic carbocycles. The maximum Gasteiger partial charge on any atom is 0.232 e. The van der Waals surface area contributed by atoms with E-state index in [0.29, 0.717) is 23.8 Å². The summed E-state index contributed by atoms with van der Waals surface area (Å²) in [7, 11) is 0. The van der Waals surface area contributed by atoms with E-state index in [9.17, 15) is 0 Å². The highest BCUT2D eigenvalue weighted by Crippen LogP contribution is 2.50. The van der Waals surface area contributed by atoms with E-state index in [1.54, 1.807) is 0 Å². The highest BCUT2D eigenvalue weighted by atomic mass is 15.2. The van der Waals surface area contributed by atoms with E-state index in [4.69, 9.17) is 0 Å². The van der Waals surface area contributed by atoms with Crippen molar-refractivity contribution in [2.75, 3.05) is 10.6 Å². The monoisotopic (exact) mass is 343 g/mol. The third-order valence-corrected chi connectivity index (χ3v) is 5.56. The molecule has 1 heterocycles. The number of para-hydroxylation sites is 1. The molecule has 2 N–H and O–H groups in total. The van der Waals surface area contributed by atoms with Gasteiger partial charge in [-0.25, -0.2) is 0 Å². The standard InChI is InChI=1S/C21H21N5/c1-3-7-14(8-4-1)19-24-20(22-16-9-5-2-6-10-16)26-21(25-19)23-18-13-15-11-12-17(15)18/h1-10,15,17-18H,11-13H2,(H2,22,23,24,25,26)/t15-,17?,18+/m0/s1. The molecule has 0 aliphatic heterocycles. The predicted molar refractivity (Wildman–Crippen MR) is 103 cm³/mol. The molecule has 5 nitrogen and oxygen atoms in total. The van der Waals surface area contributed by atoms with Crippen LogP contribution in [0.5, 0.6) is 0 Å². The van der Waals surface area contributed by atoms with Gasteiger partial charge in [0.2, 0.25) is 11.9 Å². The molecule has 1 aromatic heterocycles. The third-order valence-electron chi connectivity index (χ3n) is 5.56. The topological polar surface area (TPSA) is 62.7 Å². The van der Waals surface area contributed by atoms with Crippen molar-refractivity contribution >= 4 is 17.6 Å². The Bertz CT molecular complexity index is 897. The number of fused-ring (bicyclic) bond motifs is 1. The van der Waals surface area contributed by atoms with Crippen LogP contribution in [0.1, 0.15) is 19.3 Å². The lowest BCUT2D eigenvalue weighted by Gasteiger charge is -2.53. The van der Waals surface area contributed by atoms with Gasteiger partial charge in [0.25, 0.3) is 0 Å². The van der Waals surface area contributed by atoms with Crippen LogP contribution in [-0.4, -0.2) is 21.0 Å². The van der Waals surface area contributed by atoms with Crippen molar-refractivity contribution in [2.45, 2.75) is 25.3 Å². The largest absolute Gasteiger partial charge is 0.351 e. The minimum absolute atomic E-state index is 0.504. The highest BCUT2D eigenvalue weighted by Gasteiger charge is 2.47. The summed E-state index contributed by atoms with van der Waals surface area (Å²) in [6, 6.07) is 20.5. The molecule has 2 fully saturated rings. The van der Waals surface area contributed by atoms with E-state index < -0.39 is 0 Å². The fraction of sp³-hybridized carbons (Fsp3) is 0.286. The van der Waals surface area contributed by atoms with E-state index in [0.717, 1.165) is 23.1 Å². The Kier molecular flexibility index (Phi) is 3.77. The quantitative estimate of drug-likeness (QED) is 0.714. The number of hydrogen-bond donors (Lipinski definition) is 2. The van der Waals surface area contributed by atoms with E-state index >= 15 is 0 Å². The summed E-state index contributed by atoms with van der Waals surface area (Å²) in [5.41, 5.74) is 1.95. The van der Waals surface area contributed by atoms with Crippen molar-refractivity contribution in [3.05, 3.63) is 60.7 Å². The fourth-order valence-electron chi connectivity index (χ4n) is 3.92. The molecule has 26 heavy (non-hydrogen) atoms. The van der Waals surface area contributed by atoms with Crippen LogP contribution >= 0.6 is 0 Å². The van der Waals surface area contributed by atoms with Crippen molar-refractivity contribution < 1.29 is 0 Å². The Hall–Kier alpha value is -2.95.